The van der Waals surface area contributed by atoms with E-state index in [4.69, 9.17) is 16.3 Å². The van der Waals surface area contributed by atoms with E-state index in [1.54, 1.807) is 11.6 Å². The standard InChI is InChI=1S/C22H22ClF3N4O2S/c1-13(2)14-4-7-16(8-5-14)32-11-19-28-29-21(30(19)3)33-12-20(31)27-18-10-15(22(24,25)26)6-9-17(18)23/h4-10,13H,11-12H2,1-3H3,(H,27,31). The van der Waals surface area contributed by atoms with Crippen molar-refractivity contribution in [2.24, 2.45) is 7.05 Å². The molecule has 1 amide bonds. The molecule has 0 aliphatic heterocycles. The molecule has 0 fully saturated rings. The number of anilines is 1. The summed E-state index contributed by atoms with van der Waals surface area (Å²) in [6, 6.07) is 10.6. The third-order valence-electron chi connectivity index (χ3n) is 4.74. The van der Waals surface area contributed by atoms with Crippen LogP contribution in [-0.2, 0) is 24.6 Å². The van der Waals surface area contributed by atoms with Gasteiger partial charge in [-0.1, -0.05) is 49.3 Å². The number of alkyl halides is 3. The molecule has 0 radical (unpaired) electrons. The number of aromatic nitrogens is 3. The van der Waals surface area contributed by atoms with Gasteiger partial charge in [-0.2, -0.15) is 13.2 Å². The number of amides is 1. The molecule has 3 rings (SSSR count). The Bertz CT molecular complexity index is 1120. The monoisotopic (exact) mass is 498 g/mol. The van der Waals surface area contributed by atoms with Crippen molar-refractivity contribution in [1.29, 1.82) is 0 Å². The second-order valence-corrected chi connectivity index (χ2v) is 8.85. The molecule has 6 nitrogen and oxygen atoms in total. The van der Waals surface area contributed by atoms with Crippen LogP contribution in [0.15, 0.2) is 47.6 Å². The van der Waals surface area contributed by atoms with Crippen LogP contribution in [0.4, 0.5) is 18.9 Å². The number of thioether (sulfide) groups is 1. The number of halogens is 4. The molecule has 0 unspecified atom stereocenters. The molecule has 33 heavy (non-hydrogen) atoms. The largest absolute Gasteiger partial charge is 0.486 e. The van der Waals surface area contributed by atoms with E-state index in [0.717, 1.165) is 30.0 Å². The van der Waals surface area contributed by atoms with Crippen LogP contribution in [-0.4, -0.2) is 26.4 Å². The van der Waals surface area contributed by atoms with Crippen molar-refractivity contribution in [2.45, 2.75) is 37.7 Å². The minimum atomic E-state index is -4.54. The highest BCUT2D eigenvalue weighted by Gasteiger charge is 2.31. The fourth-order valence-corrected chi connectivity index (χ4v) is 3.70. The van der Waals surface area contributed by atoms with Gasteiger partial charge >= 0.3 is 6.18 Å². The van der Waals surface area contributed by atoms with Crippen LogP contribution in [0.5, 0.6) is 5.75 Å². The van der Waals surface area contributed by atoms with Crippen LogP contribution in [0.25, 0.3) is 0 Å². The maximum atomic E-state index is 12.9. The average molecular weight is 499 g/mol. The lowest BCUT2D eigenvalue weighted by Crippen LogP contribution is -2.16. The predicted octanol–water partition coefficient (Wildman–Crippen LogP) is 5.92. The topological polar surface area (TPSA) is 69.0 Å². The Labute approximate surface area is 198 Å². The third-order valence-corrected chi connectivity index (χ3v) is 6.09. The molecular weight excluding hydrogens is 477 g/mol. The zero-order valence-corrected chi connectivity index (χ0v) is 19.7. The zero-order chi connectivity index (χ0) is 24.2. The van der Waals surface area contributed by atoms with Gasteiger partial charge < -0.3 is 14.6 Å². The molecule has 0 aliphatic rings. The van der Waals surface area contributed by atoms with E-state index in [1.807, 2.05) is 24.3 Å². The molecular formula is C22H22ClF3N4O2S. The van der Waals surface area contributed by atoms with Gasteiger partial charge in [-0.15, -0.1) is 10.2 Å². The molecule has 0 atom stereocenters. The third kappa shape index (κ3) is 6.64. The number of carbonyl (C=O) groups excluding carboxylic acids is 1. The number of carbonyl (C=O) groups is 1. The Balaban J connectivity index is 1.55. The number of hydrogen-bond acceptors (Lipinski definition) is 5. The summed E-state index contributed by atoms with van der Waals surface area (Å²) in [4.78, 5) is 12.2. The van der Waals surface area contributed by atoms with Crippen molar-refractivity contribution in [3.63, 3.8) is 0 Å². The lowest BCUT2D eigenvalue weighted by Gasteiger charge is -2.11. The van der Waals surface area contributed by atoms with E-state index in [1.165, 1.54) is 5.56 Å². The van der Waals surface area contributed by atoms with E-state index in [0.29, 0.717) is 22.6 Å². The summed E-state index contributed by atoms with van der Waals surface area (Å²) >= 11 is 7.01. The first kappa shape index (κ1) is 24.9. The molecule has 0 aliphatic carbocycles. The van der Waals surface area contributed by atoms with Crippen LogP contribution < -0.4 is 10.1 Å². The predicted molar refractivity (Wildman–Crippen MR) is 122 cm³/mol. The van der Waals surface area contributed by atoms with Gasteiger partial charge in [0.1, 0.15) is 12.4 Å². The van der Waals surface area contributed by atoms with Gasteiger partial charge in [0.05, 0.1) is 22.0 Å². The van der Waals surface area contributed by atoms with Crippen LogP contribution in [0.3, 0.4) is 0 Å². The summed E-state index contributed by atoms with van der Waals surface area (Å²) in [5.74, 6) is 1.09. The second kappa shape index (κ2) is 10.5. The van der Waals surface area contributed by atoms with E-state index >= 15 is 0 Å². The lowest BCUT2D eigenvalue weighted by atomic mass is 10.0. The molecule has 0 saturated carbocycles. The summed E-state index contributed by atoms with van der Waals surface area (Å²) in [5, 5.41) is 11.0. The Morgan fingerprint density at radius 1 is 1.18 bits per heavy atom. The van der Waals surface area contributed by atoms with E-state index in [2.05, 4.69) is 29.4 Å². The summed E-state index contributed by atoms with van der Waals surface area (Å²) < 4.78 is 46.1. The molecule has 0 spiro atoms. The Hall–Kier alpha value is -2.72. The molecule has 1 heterocycles. The first-order chi connectivity index (χ1) is 15.5. The Kier molecular flexibility index (Phi) is 7.91. The average Bonchev–Trinajstić information content (AvgIpc) is 3.11. The van der Waals surface area contributed by atoms with Crippen molar-refractivity contribution >= 4 is 35.0 Å². The number of hydrogen-bond donors (Lipinski definition) is 1. The summed E-state index contributed by atoms with van der Waals surface area (Å²) in [7, 11) is 1.74. The van der Waals surface area contributed by atoms with E-state index in [9.17, 15) is 18.0 Å². The van der Waals surface area contributed by atoms with Gasteiger partial charge in [0.2, 0.25) is 5.91 Å². The lowest BCUT2D eigenvalue weighted by molar-refractivity contribution is -0.137. The van der Waals surface area contributed by atoms with Crippen LogP contribution in [0.2, 0.25) is 5.02 Å². The van der Waals surface area contributed by atoms with Crippen molar-refractivity contribution in [3.05, 3.63) is 64.4 Å². The summed E-state index contributed by atoms with van der Waals surface area (Å²) in [6.07, 6.45) is -4.54. The number of ether oxygens (including phenoxy) is 1. The normalized spacial score (nSPS) is 11.6. The van der Waals surface area contributed by atoms with E-state index in [-0.39, 0.29) is 23.1 Å². The van der Waals surface area contributed by atoms with Gasteiger partial charge in [0, 0.05) is 7.05 Å². The van der Waals surface area contributed by atoms with Crippen LogP contribution in [0.1, 0.15) is 36.7 Å². The van der Waals surface area contributed by atoms with Crippen molar-refractivity contribution < 1.29 is 22.7 Å². The highest BCUT2D eigenvalue weighted by Crippen LogP contribution is 2.34. The maximum absolute atomic E-state index is 12.9. The Morgan fingerprint density at radius 2 is 1.88 bits per heavy atom. The number of nitrogens with one attached hydrogen (secondary N) is 1. The fraction of sp³-hybridized carbons (Fsp3) is 0.318. The minimum absolute atomic E-state index is 0.0147. The highest BCUT2D eigenvalue weighted by molar-refractivity contribution is 7.99. The summed E-state index contributed by atoms with van der Waals surface area (Å²) in [5.41, 5.74) is 0.212. The molecule has 0 saturated heterocycles. The van der Waals surface area contributed by atoms with Gasteiger partial charge in [-0.3, -0.25) is 4.79 Å². The quantitative estimate of drug-likeness (QED) is 0.390. The number of nitrogens with zero attached hydrogens (tertiary/aromatic N) is 3. The SMILES string of the molecule is CC(C)c1ccc(OCc2nnc(SCC(=O)Nc3cc(C(F)(F)F)ccc3Cl)n2C)cc1. The van der Waals surface area contributed by atoms with Crippen molar-refractivity contribution in [3.8, 4) is 5.75 Å². The molecule has 176 valence electrons. The van der Waals surface area contributed by atoms with Crippen LogP contribution >= 0.6 is 23.4 Å². The molecule has 3 aromatic rings. The fourth-order valence-electron chi connectivity index (χ4n) is 2.81. The highest BCUT2D eigenvalue weighted by atomic mass is 35.5. The first-order valence-electron chi connectivity index (χ1n) is 9.95. The van der Waals surface area contributed by atoms with Gasteiger partial charge in [0.15, 0.2) is 11.0 Å². The summed E-state index contributed by atoms with van der Waals surface area (Å²) in [6.45, 7) is 4.42. The molecule has 0 bridgehead atoms. The first-order valence-corrected chi connectivity index (χ1v) is 11.3. The minimum Gasteiger partial charge on any atom is -0.486 e. The molecule has 1 aromatic heterocycles. The van der Waals surface area contributed by atoms with Gasteiger partial charge in [-0.25, -0.2) is 0 Å². The zero-order valence-electron chi connectivity index (χ0n) is 18.1. The molecule has 1 N–H and O–H groups in total. The van der Waals surface area contributed by atoms with Gasteiger partial charge in [0.25, 0.3) is 0 Å². The van der Waals surface area contributed by atoms with Crippen molar-refractivity contribution in [1.82, 2.24) is 14.8 Å². The van der Waals surface area contributed by atoms with Gasteiger partial charge in [-0.05, 0) is 41.8 Å². The maximum Gasteiger partial charge on any atom is 0.416 e. The second-order valence-electron chi connectivity index (χ2n) is 7.50. The van der Waals surface area contributed by atoms with E-state index < -0.39 is 17.6 Å². The molecule has 11 heteroatoms. The number of rotatable bonds is 8. The molecule has 2 aromatic carbocycles. The smallest absolute Gasteiger partial charge is 0.416 e. The number of benzene rings is 2. The van der Waals surface area contributed by atoms with Crippen molar-refractivity contribution in [2.75, 3.05) is 11.1 Å². The Morgan fingerprint density at radius 3 is 2.52 bits per heavy atom. The van der Waals surface area contributed by atoms with Crippen LogP contribution in [0, 0.1) is 0 Å².